The highest BCUT2D eigenvalue weighted by molar-refractivity contribution is 6.39. The van der Waals surface area contributed by atoms with Gasteiger partial charge in [-0.15, -0.1) is 0 Å². The standard InChI is InChI=1S/C23H28Cl2N4O5/c1-23(2,3)34-22(30)29-16-12-33-11-15(16)28-21-26-9-13(10-27-21)6-7-14-19(24)17(31-4)8-18(32-5)20(14)25/h6-10,15-16H,11-12H2,1-5H3,(H,29,30)(H,26,27,28)/b7-6+. The van der Waals surface area contributed by atoms with Crippen LogP contribution in [0.25, 0.3) is 12.2 Å². The number of ether oxygens (including phenoxy) is 4. The highest BCUT2D eigenvalue weighted by Crippen LogP contribution is 2.41. The number of rotatable bonds is 7. The van der Waals surface area contributed by atoms with E-state index in [9.17, 15) is 4.79 Å². The van der Waals surface area contributed by atoms with E-state index in [1.54, 1.807) is 30.6 Å². The molecule has 1 aliphatic rings. The van der Waals surface area contributed by atoms with E-state index in [-0.39, 0.29) is 12.1 Å². The summed E-state index contributed by atoms with van der Waals surface area (Å²) in [6, 6.07) is 1.16. The Morgan fingerprint density at radius 3 is 2.21 bits per heavy atom. The van der Waals surface area contributed by atoms with Crippen molar-refractivity contribution in [1.29, 1.82) is 0 Å². The van der Waals surface area contributed by atoms with Crippen molar-refractivity contribution < 1.29 is 23.7 Å². The SMILES string of the molecule is COc1cc(OC)c(Cl)c(/C=C/c2cnc(NC3COCC3NC(=O)OC(C)(C)C)nc2)c1Cl. The van der Waals surface area contributed by atoms with Crippen molar-refractivity contribution in [3.8, 4) is 11.5 Å². The first-order valence-electron chi connectivity index (χ1n) is 10.5. The van der Waals surface area contributed by atoms with Gasteiger partial charge in [-0.1, -0.05) is 35.4 Å². The van der Waals surface area contributed by atoms with E-state index in [4.69, 9.17) is 42.1 Å². The predicted octanol–water partition coefficient (Wildman–Crippen LogP) is 4.68. The number of nitrogens with zero attached hydrogens (tertiary/aromatic N) is 2. The molecule has 9 nitrogen and oxygen atoms in total. The zero-order valence-corrected chi connectivity index (χ0v) is 21.2. The minimum atomic E-state index is -0.580. The van der Waals surface area contributed by atoms with Crippen LogP contribution in [0.3, 0.4) is 0 Å². The molecule has 0 spiro atoms. The summed E-state index contributed by atoms with van der Waals surface area (Å²) in [7, 11) is 3.04. The molecule has 0 radical (unpaired) electrons. The number of benzene rings is 1. The van der Waals surface area contributed by atoms with Gasteiger partial charge in [-0.3, -0.25) is 0 Å². The number of carbonyl (C=O) groups is 1. The van der Waals surface area contributed by atoms with Gasteiger partial charge < -0.3 is 29.6 Å². The quantitative estimate of drug-likeness (QED) is 0.553. The predicted molar refractivity (Wildman–Crippen MR) is 132 cm³/mol. The van der Waals surface area contributed by atoms with E-state index in [0.717, 1.165) is 5.56 Å². The fourth-order valence-corrected chi connectivity index (χ4v) is 3.82. The molecule has 0 bridgehead atoms. The van der Waals surface area contributed by atoms with Gasteiger partial charge in [0.15, 0.2) is 0 Å². The number of halogens is 2. The van der Waals surface area contributed by atoms with Crippen LogP contribution in [0, 0.1) is 0 Å². The molecule has 0 saturated carbocycles. The molecule has 0 aliphatic carbocycles. The minimum Gasteiger partial charge on any atom is -0.495 e. The number of hydrogen-bond acceptors (Lipinski definition) is 8. The Hall–Kier alpha value is -2.75. The zero-order chi connectivity index (χ0) is 24.9. The molecule has 2 heterocycles. The van der Waals surface area contributed by atoms with Crippen molar-refractivity contribution in [3.05, 3.63) is 39.6 Å². The third-order valence-corrected chi connectivity index (χ3v) is 5.60. The third kappa shape index (κ3) is 6.65. The van der Waals surface area contributed by atoms with Crippen LogP contribution in [0.4, 0.5) is 10.7 Å². The molecule has 1 amide bonds. The molecule has 3 rings (SSSR count). The minimum absolute atomic E-state index is 0.198. The fourth-order valence-electron chi connectivity index (χ4n) is 3.19. The number of anilines is 1. The summed E-state index contributed by atoms with van der Waals surface area (Å²) in [5.41, 5.74) is 0.704. The van der Waals surface area contributed by atoms with Crippen LogP contribution in [0.1, 0.15) is 31.9 Å². The first-order valence-corrected chi connectivity index (χ1v) is 11.3. The van der Waals surface area contributed by atoms with E-state index in [1.807, 2.05) is 20.8 Å². The van der Waals surface area contributed by atoms with E-state index in [1.165, 1.54) is 14.2 Å². The summed E-state index contributed by atoms with van der Waals surface area (Å²) >= 11 is 12.8. The number of amides is 1. The monoisotopic (exact) mass is 510 g/mol. The van der Waals surface area contributed by atoms with Crippen molar-refractivity contribution in [2.75, 3.05) is 32.8 Å². The van der Waals surface area contributed by atoms with E-state index < -0.39 is 11.7 Å². The molecular weight excluding hydrogens is 483 g/mol. The van der Waals surface area contributed by atoms with Gasteiger partial charge in [0.1, 0.15) is 17.1 Å². The van der Waals surface area contributed by atoms with E-state index >= 15 is 0 Å². The van der Waals surface area contributed by atoms with Crippen LogP contribution in [-0.4, -0.2) is 61.2 Å². The van der Waals surface area contributed by atoms with Crippen LogP contribution in [0.15, 0.2) is 18.5 Å². The molecule has 11 heteroatoms. The van der Waals surface area contributed by atoms with Gasteiger partial charge in [0.2, 0.25) is 5.95 Å². The number of methoxy groups -OCH3 is 2. The van der Waals surface area contributed by atoms with E-state index in [0.29, 0.717) is 46.3 Å². The van der Waals surface area contributed by atoms with E-state index in [2.05, 4.69) is 20.6 Å². The molecule has 1 saturated heterocycles. The van der Waals surface area contributed by atoms with Crippen molar-refractivity contribution in [3.63, 3.8) is 0 Å². The normalized spacial score (nSPS) is 18.1. The summed E-state index contributed by atoms with van der Waals surface area (Å²) in [6.45, 7) is 6.20. The lowest BCUT2D eigenvalue weighted by molar-refractivity contribution is 0.0497. The molecule has 2 atom stereocenters. The maximum absolute atomic E-state index is 12.1. The Labute approximate surface area is 208 Å². The van der Waals surface area contributed by atoms with Gasteiger partial charge in [-0.05, 0) is 20.8 Å². The Balaban J connectivity index is 1.67. The molecule has 34 heavy (non-hydrogen) atoms. The van der Waals surface area contributed by atoms with Crippen molar-refractivity contribution in [2.24, 2.45) is 0 Å². The molecule has 1 aromatic carbocycles. The fraction of sp³-hybridized carbons (Fsp3) is 0.435. The zero-order valence-electron chi connectivity index (χ0n) is 19.6. The van der Waals surface area contributed by atoms with Gasteiger partial charge >= 0.3 is 6.09 Å². The van der Waals surface area contributed by atoms with Crippen molar-refractivity contribution in [2.45, 2.75) is 38.5 Å². The average Bonchev–Trinajstić information content (AvgIpc) is 3.20. The average molecular weight is 511 g/mol. The van der Waals surface area contributed by atoms with Gasteiger partial charge in [-0.2, -0.15) is 0 Å². The van der Waals surface area contributed by atoms with Gasteiger partial charge in [0, 0.05) is 29.6 Å². The second kappa shape index (κ2) is 11.1. The van der Waals surface area contributed by atoms with Gasteiger partial charge in [0.25, 0.3) is 0 Å². The summed E-state index contributed by atoms with van der Waals surface area (Å²) in [4.78, 5) is 20.8. The lowest BCUT2D eigenvalue weighted by atomic mass is 10.1. The summed E-state index contributed by atoms with van der Waals surface area (Å²) in [5.74, 6) is 1.31. The third-order valence-electron chi connectivity index (χ3n) is 4.82. The highest BCUT2D eigenvalue weighted by Gasteiger charge is 2.31. The Bertz CT molecular complexity index is 1010. The lowest BCUT2D eigenvalue weighted by Gasteiger charge is -2.24. The Morgan fingerprint density at radius 1 is 1.06 bits per heavy atom. The van der Waals surface area contributed by atoms with Crippen LogP contribution >= 0.6 is 23.2 Å². The van der Waals surface area contributed by atoms with Crippen molar-refractivity contribution in [1.82, 2.24) is 15.3 Å². The maximum Gasteiger partial charge on any atom is 0.408 e. The highest BCUT2D eigenvalue weighted by atomic mass is 35.5. The Kier molecular flexibility index (Phi) is 8.46. The lowest BCUT2D eigenvalue weighted by Crippen LogP contribution is -2.47. The molecule has 2 unspecified atom stereocenters. The molecule has 2 N–H and O–H groups in total. The smallest absolute Gasteiger partial charge is 0.408 e. The number of aromatic nitrogens is 2. The van der Waals surface area contributed by atoms with Crippen molar-refractivity contribution >= 4 is 47.4 Å². The number of hydrogen-bond donors (Lipinski definition) is 2. The molecular formula is C23H28Cl2N4O5. The van der Waals surface area contributed by atoms with Crippen LogP contribution < -0.4 is 20.1 Å². The van der Waals surface area contributed by atoms with Crippen LogP contribution in [-0.2, 0) is 9.47 Å². The first-order chi connectivity index (χ1) is 16.1. The second-order valence-electron chi connectivity index (χ2n) is 8.54. The summed E-state index contributed by atoms with van der Waals surface area (Å²) < 4.78 is 21.4. The first kappa shape index (κ1) is 25.9. The maximum atomic E-state index is 12.1. The molecule has 1 aromatic heterocycles. The summed E-state index contributed by atoms with van der Waals surface area (Å²) in [5, 5.41) is 6.75. The second-order valence-corrected chi connectivity index (χ2v) is 9.29. The molecule has 184 valence electrons. The summed E-state index contributed by atoms with van der Waals surface area (Å²) in [6.07, 6.45) is 6.32. The number of carbonyl (C=O) groups excluding carboxylic acids is 1. The van der Waals surface area contributed by atoms with Gasteiger partial charge in [0.05, 0.1) is 49.6 Å². The number of alkyl carbamates (subject to hydrolysis) is 1. The Morgan fingerprint density at radius 2 is 1.65 bits per heavy atom. The van der Waals surface area contributed by atoms with Gasteiger partial charge in [-0.25, -0.2) is 14.8 Å². The molecule has 1 fully saturated rings. The van der Waals surface area contributed by atoms with Crippen LogP contribution in [0.5, 0.6) is 11.5 Å². The molecule has 1 aliphatic heterocycles. The number of nitrogens with one attached hydrogen (secondary N) is 2. The van der Waals surface area contributed by atoms with Crippen LogP contribution in [0.2, 0.25) is 10.0 Å². The largest absolute Gasteiger partial charge is 0.495 e. The molecule has 2 aromatic rings. The topological polar surface area (TPSA) is 104 Å².